The van der Waals surface area contributed by atoms with Crippen LogP contribution >= 0.6 is 0 Å². The highest BCUT2D eigenvalue weighted by Gasteiger charge is 2.27. The number of benzene rings is 1. The minimum absolute atomic E-state index is 0.720. The largest absolute Gasteiger partial charge is 0.493 e. The molecule has 1 aliphatic carbocycles. The van der Waals surface area contributed by atoms with E-state index in [1.165, 1.54) is 45.3 Å². The zero-order valence-electron chi connectivity index (χ0n) is 11.1. The predicted octanol–water partition coefficient (Wildman–Crippen LogP) is 3.19. The Kier molecular flexibility index (Phi) is 3.84. The van der Waals surface area contributed by atoms with Crippen molar-refractivity contribution in [3.05, 3.63) is 30.3 Å². The first-order valence-electron chi connectivity index (χ1n) is 7.30. The van der Waals surface area contributed by atoms with Gasteiger partial charge in [0.25, 0.3) is 0 Å². The van der Waals surface area contributed by atoms with Crippen molar-refractivity contribution in [1.82, 2.24) is 4.90 Å². The van der Waals surface area contributed by atoms with Gasteiger partial charge in [-0.05, 0) is 50.3 Å². The molecule has 0 N–H and O–H groups in total. The van der Waals surface area contributed by atoms with Crippen molar-refractivity contribution in [2.24, 2.45) is 11.8 Å². The lowest BCUT2D eigenvalue weighted by atomic mass is 9.99. The Morgan fingerprint density at radius 2 is 1.89 bits per heavy atom. The van der Waals surface area contributed by atoms with Crippen LogP contribution in [0, 0.1) is 11.8 Å². The SMILES string of the molecule is c1ccc(OCC2CCCN(CC3CC3)C2)cc1. The summed E-state index contributed by atoms with van der Waals surface area (Å²) >= 11 is 0. The molecule has 2 nitrogen and oxygen atoms in total. The monoisotopic (exact) mass is 245 g/mol. The number of hydrogen-bond donors (Lipinski definition) is 0. The van der Waals surface area contributed by atoms with Crippen LogP contribution in [0.3, 0.4) is 0 Å². The fraction of sp³-hybridized carbons (Fsp3) is 0.625. The van der Waals surface area contributed by atoms with Gasteiger partial charge in [0.05, 0.1) is 6.61 Å². The highest BCUT2D eigenvalue weighted by atomic mass is 16.5. The van der Waals surface area contributed by atoms with Gasteiger partial charge in [0.15, 0.2) is 0 Å². The first-order valence-corrected chi connectivity index (χ1v) is 7.30. The number of piperidine rings is 1. The molecule has 1 atom stereocenters. The molecule has 3 rings (SSSR count). The molecule has 1 saturated carbocycles. The number of para-hydroxylation sites is 1. The molecule has 0 spiro atoms. The van der Waals surface area contributed by atoms with Crippen molar-refractivity contribution in [1.29, 1.82) is 0 Å². The number of hydrogen-bond acceptors (Lipinski definition) is 2. The van der Waals surface area contributed by atoms with Crippen LogP contribution in [0.2, 0.25) is 0 Å². The summed E-state index contributed by atoms with van der Waals surface area (Å²) in [4.78, 5) is 2.65. The van der Waals surface area contributed by atoms with Crippen molar-refractivity contribution in [2.45, 2.75) is 25.7 Å². The lowest BCUT2D eigenvalue weighted by Gasteiger charge is -2.32. The molecule has 0 bridgehead atoms. The van der Waals surface area contributed by atoms with Crippen molar-refractivity contribution in [2.75, 3.05) is 26.2 Å². The van der Waals surface area contributed by atoms with Gasteiger partial charge in [0, 0.05) is 19.0 Å². The molecule has 1 heterocycles. The number of rotatable bonds is 5. The molecule has 1 saturated heterocycles. The van der Waals surface area contributed by atoms with E-state index in [0.717, 1.165) is 24.2 Å². The fourth-order valence-electron chi connectivity index (χ4n) is 2.85. The van der Waals surface area contributed by atoms with E-state index in [-0.39, 0.29) is 0 Å². The Hall–Kier alpha value is -1.02. The van der Waals surface area contributed by atoms with E-state index in [0.29, 0.717) is 0 Å². The molecule has 1 aromatic carbocycles. The second-order valence-corrected chi connectivity index (χ2v) is 5.84. The Morgan fingerprint density at radius 1 is 1.06 bits per heavy atom. The smallest absolute Gasteiger partial charge is 0.119 e. The second-order valence-electron chi connectivity index (χ2n) is 5.84. The third kappa shape index (κ3) is 3.49. The average Bonchev–Trinajstić information content (AvgIpc) is 3.22. The van der Waals surface area contributed by atoms with Crippen molar-refractivity contribution in [3.8, 4) is 5.75 Å². The molecule has 0 amide bonds. The maximum absolute atomic E-state index is 5.89. The van der Waals surface area contributed by atoms with Crippen molar-refractivity contribution < 1.29 is 4.74 Å². The summed E-state index contributed by atoms with van der Waals surface area (Å²) in [6.07, 6.45) is 5.59. The van der Waals surface area contributed by atoms with E-state index in [1.54, 1.807) is 0 Å². The van der Waals surface area contributed by atoms with Crippen molar-refractivity contribution in [3.63, 3.8) is 0 Å². The summed E-state index contributed by atoms with van der Waals surface area (Å²) in [5.74, 6) is 2.74. The predicted molar refractivity (Wildman–Crippen MR) is 73.8 cm³/mol. The van der Waals surface area contributed by atoms with Crippen LogP contribution in [0.25, 0.3) is 0 Å². The molecule has 2 fully saturated rings. The summed E-state index contributed by atoms with van der Waals surface area (Å²) in [6.45, 7) is 4.76. The summed E-state index contributed by atoms with van der Waals surface area (Å²) in [6, 6.07) is 10.2. The van der Waals surface area contributed by atoms with Gasteiger partial charge in [-0.2, -0.15) is 0 Å². The van der Waals surface area contributed by atoms with Gasteiger partial charge in [0.1, 0.15) is 5.75 Å². The molecular formula is C16H23NO. The van der Waals surface area contributed by atoms with E-state index >= 15 is 0 Å². The lowest BCUT2D eigenvalue weighted by molar-refractivity contribution is 0.126. The van der Waals surface area contributed by atoms with Gasteiger partial charge in [-0.15, -0.1) is 0 Å². The maximum Gasteiger partial charge on any atom is 0.119 e. The van der Waals surface area contributed by atoms with Crippen molar-refractivity contribution >= 4 is 0 Å². The fourth-order valence-corrected chi connectivity index (χ4v) is 2.85. The number of ether oxygens (including phenoxy) is 1. The molecule has 1 aliphatic heterocycles. The molecule has 0 aromatic heterocycles. The van der Waals surface area contributed by atoms with Crippen LogP contribution in [0.5, 0.6) is 5.75 Å². The van der Waals surface area contributed by atoms with Gasteiger partial charge in [-0.3, -0.25) is 0 Å². The third-order valence-corrected chi connectivity index (χ3v) is 4.05. The molecular weight excluding hydrogens is 222 g/mol. The quantitative estimate of drug-likeness (QED) is 0.790. The third-order valence-electron chi connectivity index (χ3n) is 4.05. The van der Waals surface area contributed by atoms with E-state index in [2.05, 4.69) is 4.90 Å². The van der Waals surface area contributed by atoms with E-state index < -0.39 is 0 Å². The van der Waals surface area contributed by atoms with Gasteiger partial charge in [0.2, 0.25) is 0 Å². The molecule has 2 heteroatoms. The standard InChI is InChI=1S/C16H23NO/c1-2-6-16(7-3-1)18-13-15-5-4-10-17(12-15)11-14-8-9-14/h1-3,6-7,14-15H,4-5,8-13H2. The van der Waals surface area contributed by atoms with Crippen LogP contribution in [-0.4, -0.2) is 31.1 Å². The Labute approximate surface area is 110 Å². The summed E-state index contributed by atoms with van der Waals surface area (Å²) < 4.78 is 5.89. The van der Waals surface area contributed by atoms with Crippen LogP contribution in [0.4, 0.5) is 0 Å². The first kappa shape index (κ1) is 12.0. The van der Waals surface area contributed by atoms with Crippen LogP contribution in [-0.2, 0) is 0 Å². The van der Waals surface area contributed by atoms with Gasteiger partial charge in [-0.1, -0.05) is 18.2 Å². The lowest BCUT2D eigenvalue weighted by Crippen LogP contribution is -2.38. The molecule has 1 aromatic rings. The minimum atomic E-state index is 0.720. The second kappa shape index (κ2) is 5.75. The van der Waals surface area contributed by atoms with E-state index in [1.807, 2.05) is 30.3 Å². The Bertz CT molecular complexity index is 361. The molecule has 98 valence electrons. The zero-order chi connectivity index (χ0) is 12.2. The highest BCUT2D eigenvalue weighted by molar-refractivity contribution is 5.20. The topological polar surface area (TPSA) is 12.5 Å². The molecule has 1 unspecified atom stereocenters. The summed E-state index contributed by atoms with van der Waals surface area (Å²) in [7, 11) is 0. The molecule has 2 aliphatic rings. The van der Waals surface area contributed by atoms with Gasteiger partial charge < -0.3 is 9.64 Å². The van der Waals surface area contributed by atoms with Gasteiger partial charge >= 0.3 is 0 Å². The highest BCUT2D eigenvalue weighted by Crippen LogP contribution is 2.31. The Balaban J connectivity index is 1.44. The normalized spacial score (nSPS) is 25.0. The van der Waals surface area contributed by atoms with E-state index in [9.17, 15) is 0 Å². The Morgan fingerprint density at radius 3 is 2.67 bits per heavy atom. The number of likely N-dealkylation sites (tertiary alicyclic amines) is 1. The van der Waals surface area contributed by atoms with E-state index in [4.69, 9.17) is 4.74 Å². The summed E-state index contributed by atoms with van der Waals surface area (Å²) in [5, 5.41) is 0. The first-order chi connectivity index (χ1) is 8.90. The zero-order valence-corrected chi connectivity index (χ0v) is 11.1. The van der Waals surface area contributed by atoms with Crippen LogP contribution < -0.4 is 4.74 Å². The van der Waals surface area contributed by atoms with Crippen LogP contribution in [0.15, 0.2) is 30.3 Å². The summed E-state index contributed by atoms with van der Waals surface area (Å²) in [5.41, 5.74) is 0. The number of nitrogens with zero attached hydrogens (tertiary/aromatic N) is 1. The van der Waals surface area contributed by atoms with Crippen LogP contribution in [0.1, 0.15) is 25.7 Å². The molecule has 0 radical (unpaired) electrons. The maximum atomic E-state index is 5.89. The average molecular weight is 245 g/mol. The minimum Gasteiger partial charge on any atom is -0.493 e. The molecule has 18 heavy (non-hydrogen) atoms. The van der Waals surface area contributed by atoms with Gasteiger partial charge in [-0.25, -0.2) is 0 Å².